The normalized spacial score (nSPS) is 40.7. The molecule has 2 saturated heterocycles. The first-order valence-corrected chi connectivity index (χ1v) is 3.29. The Kier molecular flexibility index (Phi) is 0.990. The molecule has 2 rings (SSSR count). The number of fused-ring (bicyclic) bond motifs is 1. The van der Waals surface area contributed by atoms with Crippen LogP contribution in [0, 0.1) is 0 Å². The van der Waals surface area contributed by atoms with Gasteiger partial charge in [-0.3, -0.25) is 4.79 Å². The van der Waals surface area contributed by atoms with E-state index in [-0.39, 0.29) is 12.1 Å². The molecule has 0 unspecified atom stereocenters. The molecular formula is C6H9NO2. The molecule has 1 N–H and O–H groups in total. The van der Waals surface area contributed by atoms with E-state index in [1.807, 2.05) is 0 Å². The number of rotatable bonds is 0. The summed E-state index contributed by atoms with van der Waals surface area (Å²) in [5, 5.41) is 3.20. The van der Waals surface area contributed by atoms with Crippen molar-refractivity contribution in [3.8, 4) is 0 Å². The number of ether oxygens (including phenoxy) is 1. The zero-order valence-corrected chi connectivity index (χ0v) is 5.09. The predicted molar refractivity (Wildman–Crippen MR) is 30.9 cm³/mol. The maximum Gasteiger partial charge on any atom is 0.307 e. The van der Waals surface area contributed by atoms with Crippen LogP contribution in [-0.2, 0) is 9.53 Å². The van der Waals surface area contributed by atoms with Gasteiger partial charge >= 0.3 is 5.97 Å². The summed E-state index contributed by atoms with van der Waals surface area (Å²) < 4.78 is 4.98. The third kappa shape index (κ3) is 0.721. The third-order valence-electron chi connectivity index (χ3n) is 1.95. The lowest BCUT2D eigenvalue weighted by Crippen LogP contribution is -2.25. The summed E-state index contributed by atoms with van der Waals surface area (Å²) in [6.07, 6.45) is 1.76. The number of nitrogens with one attached hydrogen (secondary N) is 1. The van der Waals surface area contributed by atoms with E-state index in [1.54, 1.807) is 0 Å². The van der Waals surface area contributed by atoms with Gasteiger partial charge in [-0.2, -0.15) is 0 Å². The van der Waals surface area contributed by atoms with Crippen molar-refractivity contribution in [3.63, 3.8) is 0 Å². The fourth-order valence-electron chi connectivity index (χ4n) is 1.48. The minimum Gasteiger partial charge on any atom is -0.461 e. The molecular weight excluding hydrogens is 118 g/mol. The summed E-state index contributed by atoms with van der Waals surface area (Å²) in [6, 6.07) is 0.331. The van der Waals surface area contributed by atoms with Crippen LogP contribution in [0.3, 0.4) is 0 Å². The molecule has 0 saturated carbocycles. The molecule has 0 amide bonds. The van der Waals surface area contributed by atoms with Gasteiger partial charge in [-0.25, -0.2) is 0 Å². The van der Waals surface area contributed by atoms with Crippen LogP contribution in [0.5, 0.6) is 0 Å². The van der Waals surface area contributed by atoms with Crippen LogP contribution in [0.25, 0.3) is 0 Å². The second-order valence-corrected chi connectivity index (χ2v) is 2.58. The molecule has 0 aromatic carbocycles. The molecule has 0 aromatic heterocycles. The van der Waals surface area contributed by atoms with Crippen LogP contribution in [0.1, 0.15) is 12.8 Å². The van der Waals surface area contributed by atoms with Crippen molar-refractivity contribution in [1.29, 1.82) is 0 Å². The molecule has 2 aliphatic heterocycles. The van der Waals surface area contributed by atoms with Crippen molar-refractivity contribution in [2.45, 2.75) is 25.0 Å². The Morgan fingerprint density at radius 2 is 2.56 bits per heavy atom. The lowest BCUT2D eigenvalue weighted by atomic mass is 10.2. The van der Waals surface area contributed by atoms with Gasteiger partial charge in [-0.15, -0.1) is 0 Å². The number of hydrogen-bond donors (Lipinski definition) is 1. The second-order valence-electron chi connectivity index (χ2n) is 2.58. The third-order valence-corrected chi connectivity index (χ3v) is 1.95. The Morgan fingerprint density at radius 1 is 1.67 bits per heavy atom. The molecule has 0 radical (unpaired) electrons. The molecule has 0 aliphatic carbocycles. The molecule has 2 heterocycles. The van der Waals surface area contributed by atoms with E-state index in [2.05, 4.69) is 5.32 Å². The molecule has 2 fully saturated rings. The quantitative estimate of drug-likeness (QED) is 0.452. The van der Waals surface area contributed by atoms with Crippen molar-refractivity contribution < 1.29 is 9.53 Å². The first kappa shape index (κ1) is 5.23. The fraction of sp³-hybridized carbons (Fsp3) is 0.833. The number of esters is 1. The highest BCUT2D eigenvalue weighted by Crippen LogP contribution is 2.21. The molecule has 0 spiro atoms. The Balaban J connectivity index is 2.09. The van der Waals surface area contributed by atoms with Gasteiger partial charge in [-0.05, 0) is 13.0 Å². The first-order chi connectivity index (χ1) is 4.36. The van der Waals surface area contributed by atoms with Gasteiger partial charge in [0.2, 0.25) is 0 Å². The maximum atomic E-state index is 10.6. The highest BCUT2D eigenvalue weighted by atomic mass is 16.6. The zero-order valence-electron chi connectivity index (χ0n) is 5.09. The van der Waals surface area contributed by atoms with E-state index in [4.69, 9.17) is 4.74 Å². The van der Waals surface area contributed by atoms with Crippen molar-refractivity contribution in [2.75, 3.05) is 6.54 Å². The Bertz CT molecular complexity index is 132. The van der Waals surface area contributed by atoms with Crippen LogP contribution < -0.4 is 5.32 Å². The molecule has 3 heteroatoms. The highest BCUT2D eigenvalue weighted by Gasteiger charge is 2.37. The van der Waals surface area contributed by atoms with E-state index >= 15 is 0 Å². The van der Waals surface area contributed by atoms with Gasteiger partial charge in [0, 0.05) is 0 Å². The summed E-state index contributed by atoms with van der Waals surface area (Å²) in [7, 11) is 0. The van der Waals surface area contributed by atoms with E-state index < -0.39 is 0 Å². The zero-order chi connectivity index (χ0) is 6.27. The minimum absolute atomic E-state index is 0.0443. The Hall–Kier alpha value is -0.570. The minimum atomic E-state index is -0.0443. The summed E-state index contributed by atoms with van der Waals surface area (Å²) in [6.45, 7) is 1.00. The monoisotopic (exact) mass is 127 g/mol. The molecule has 2 aliphatic rings. The van der Waals surface area contributed by atoms with Crippen LogP contribution in [0.2, 0.25) is 0 Å². The summed E-state index contributed by atoms with van der Waals surface area (Å²) in [5.74, 6) is -0.0443. The van der Waals surface area contributed by atoms with Gasteiger partial charge in [-0.1, -0.05) is 0 Å². The predicted octanol–water partition coefficient (Wildman–Crippen LogP) is -0.336. The standard InChI is InChI=1S/C6H9NO2/c8-6-3-4-5(9-6)1-2-7-4/h4-5,7H,1-3H2/t4-,5-/m0/s1. The highest BCUT2D eigenvalue weighted by molar-refractivity contribution is 5.73. The first-order valence-electron chi connectivity index (χ1n) is 3.29. The Labute approximate surface area is 53.4 Å². The molecule has 50 valence electrons. The van der Waals surface area contributed by atoms with Crippen molar-refractivity contribution in [3.05, 3.63) is 0 Å². The average molecular weight is 127 g/mol. The van der Waals surface area contributed by atoms with Crippen LogP contribution in [0.4, 0.5) is 0 Å². The average Bonchev–Trinajstić information content (AvgIpc) is 2.22. The fourth-order valence-corrected chi connectivity index (χ4v) is 1.48. The van der Waals surface area contributed by atoms with Gasteiger partial charge in [0.05, 0.1) is 12.5 Å². The smallest absolute Gasteiger partial charge is 0.307 e. The molecule has 9 heavy (non-hydrogen) atoms. The van der Waals surface area contributed by atoms with Gasteiger partial charge in [0.25, 0.3) is 0 Å². The van der Waals surface area contributed by atoms with E-state index in [9.17, 15) is 4.79 Å². The van der Waals surface area contributed by atoms with Gasteiger partial charge in [0.1, 0.15) is 6.10 Å². The number of hydrogen-bond acceptors (Lipinski definition) is 3. The molecule has 2 atom stereocenters. The molecule has 3 nitrogen and oxygen atoms in total. The maximum absolute atomic E-state index is 10.6. The summed E-state index contributed by atoms with van der Waals surface area (Å²) in [4.78, 5) is 10.6. The summed E-state index contributed by atoms with van der Waals surface area (Å²) in [5.41, 5.74) is 0. The van der Waals surface area contributed by atoms with Gasteiger partial charge in [0.15, 0.2) is 0 Å². The summed E-state index contributed by atoms with van der Waals surface area (Å²) >= 11 is 0. The van der Waals surface area contributed by atoms with E-state index in [1.165, 1.54) is 0 Å². The topological polar surface area (TPSA) is 38.3 Å². The largest absolute Gasteiger partial charge is 0.461 e. The van der Waals surface area contributed by atoms with Crippen molar-refractivity contribution >= 4 is 5.97 Å². The molecule has 0 aromatic rings. The van der Waals surface area contributed by atoms with Crippen molar-refractivity contribution in [1.82, 2.24) is 5.32 Å². The number of carbonyl (C=O) groups excluding carboxylic acids is 1. The SMILES string of the molecule is O=C1C[C@@H]2NCC[C@@H]2O1. The molecule has 0 bridgehead atoms. The second kappa shape index (κ2) is 1.70. The van der Waals surface area contributed by atoms with Crippen molar-refractivity contribution in [2.24, 2.45) is 0 Å². The Morgan fingerprint density at radius 3 is 3.33 bits per heavy atom. The van der Waals surface area contributed by atoms with Gasteiger partial charge < -0.3 is 10.1 Å². The van der Waals surface area contributed by atoms with Crippen LogP contribution in [0.15, 0.2) is 0 Å². The van der Waals surface area contributed by atoms with E-state index in [0.29, 0.717) is 12.5 Å². The van der Waals surface area contributed by atoms with Crippen LogP contribution in [-0.4, -0.2) is 24.7 Å². The lowest BCUT2D eigenvalue weighted by molar-refractivity contribution is -0.141. The van der Waals surface area contributed by atoms with Crippen LogP contribution >= 0.6 is 0 Å². The van der Waals surface area contributed by atoms with E-state index in [0.717, 1.165) is 13.0 Å². The lowest BCUT2D eigenvalue weighted by Gasteiger charge is -2.03. The number of carbonyl (C=O) groups is 1.